The molecule has 0 unspecified atom stereocenters. The van der Waals surface area contributed by atoms with Gasteiger partial charge in [-0.2, -0.15) is 0 Å². The van der Waals surface area contributed by atoms with Crippen LogP contribution >= 0.6 is 0 Å². The van der Waals surface area contributed by atoms with Crippen LogP contribution in [0.25, 0.3) is 0 Å². The fourth-order valence-corrected chi connectivity index (χ4v) is 0.824. The minimum atomic E-state index is -0.881. The van der Waals surface area contributed by atoms with Gasteiger partial charge in [0.2, 0.25) is 0 Å². The van der Waals surface area contributed by atoms with Crippen LogP contribution in [0, 0.1) is 18.6 Å². The molecule has 0 aliphatic carbocycles. The number of rotatable bonds is 0. The zero-order valence-corrected chi connectivity index (χ0v) is 5.99. The molecule has 0 saturated carbocycles. The van der Waals surface area contributed by atoms with Crippen molar-refractivity contribution in [2.75, 3.05) is 11.5 Å². The van der Waals surface area contributed by atoms with Gasteiger partial charge in [-0.05, 0) is 18.6 Å². The van der Waals surface area contributed by atoms with E-state index in [4.69, 9.17) is 11.5 Å². The van der Waals surface area contributed by atoms with Gasteiger partial charge in [0.15, 0.2) is 11.6 Å². The molecular formula is C7H8F2N2. The summed E-state index contributed by atoms with van der Waals surface area (Å²) < 4.78 is 25.4. The van der Waals surface area contributed by atoms with E-state index in [0.29, 0.717) is 0 Å². The smallest absolute Gasteiger partial charge is 0.171 e. The van der Waals surface area contributed by atoms with E-state index in [9.17, 15) is 8.78 Å². The number of nitrogens with two attached hydrogens (primary N) is 2. The van der Waals surface area contributed by atoms with E-state index in [1.54, 1.807) is 0 Å². The van der Waals surface area contributed by atoms with Crippen molar-refractivity contribution in [2.24, 2.45) is 0 Å². The normalized spacial score (nSPS) is 10.1. The molecule has 0 aromatic heterocycles. The third-order valence-electron chi connectivity index (χ3n) is 1.44. The van der Waals surface area contributed by atoms with Gasteiger partial charge in [0.1, 0.15) is 5.69 Å². The second kappa shape index (κ2) is 2.38. The van der Waals surface area contributed by atoms with Gasteiger partial charge in [-0.1, -0.05) is 0 Å². The van der Waals surface area contributed by atoms with Crippen molar-refractivity contribution in [3.05, 3.63) is 23.3 Å². The largest absolute Gasteiger partial charge is 0.396 e. The summed E-state index contributed by atoms with van der Waals surface area (Å²) >= 11 is 0. The first-order valence-corrected chi connectivity index (χ1v) is 3.03. The van der Waals surface area contributed by atoms with Crippen molar-refractivity contribution in [1.82, 2.24) is 0 Å². The summed E-state index contributed by atoms with van der Waals surface area (Å²) in [6.07, 6.45) is 0. The van der Waals surface area contributed by atoms with E-state index < -0.39 is 17.3 Å². The Morgan fingerprint density at radius 3 is 2.27 bits per heavy atom. The molecule has 60 valence electrons. The number of hydrogen-bond donors (Lipinski definition) is 2. The molecule has 11 heavy (non-hydrogen) atoms. The first-order chi connectivity index (χ1) is 5.04. The van der Waals surface area contributed by atoms with Crippen LogP contribution in [0.15, 0.2) is 6.07 Å². The second-order valence-electron chi connectivity index (χ2n) is 2.32. The highest BCUT2D eigenvalue weighted by molar-refractivity contribution is 5.57. The molecule has 0 fully saturated rings. The maximum absolute atomic E-state index is 12.8. The van der Waals surface area contributed by atoms with E-state index in [1.165, 1.54) is 13.0 Å². The van der Waals surface area contributed by atoms with Crippen molar-refractivity contribution in [3.63, 3.8) is 0 Å². The maximum atomic E-state index is 12.8. The van der Waals surface area contributed by atoms with Crippen molar-refractivity contribution < 1.29 is 8.78 Å². The van der Waals surface area contributed by atoms with Crippen LogP contribution in [0.3, 0.4) is 0 Å². The lowest BCUT2D eigenvalue weighted by molar-refractivity contribution is 0.589. The molecule has 0 spiro atoms. The third kappa shape index (κ3) is 1.11. The minimum Gasteiger partial charge on any atom is -0.396 e. The van der Waals surface area contributed by atoms with Crippen LogP contribution in [0.5, 0.6) is 0 Å². The predicted octanol–water partition coefficient (Wildman–Crippen LogP) is 1.44. The molecule has 0 radical (unpaired) electrons. The van der Waals surface area contributed by atoms with Crippen LogP contribution in [0.4, 0.5) is 20.2 Å². The first kappa shape index (κ1) is 7.78. The summed E-state index contributed by atoms with van der Waals surface area (Å²) in [5, 5.41) is 0. The van der Waals surface area contributed by atoms with Gasteiger partial charge in [0, 0.05) is 0 Å². The summed E-state index contributed by atoms with van der Waals surface area (Å²) in [6, 6.07) is 1.21. The number of hydrogen-bond acceptors (Lipinski definition) is 2. The quantitative estimate of drug-likeness (QED) is 0.561. The van der Waals surface area contributed by atoms with Gasteiger partial charge in [0.25, 0.3) is 0 Å². The summed E-state index contributed by atoms with van der Waals surface area (Å²) in [4.78, 5) is 0. The molecule has 4 heteroatoms. The third-order valence-corrected chi connectivity index (χ3v) is 1.44. The Hall–Kier alpha value is -1.32. The van der Waals surface area contributed by atoms with Crippen LogP contribution < -0.4 is 11.5 Å². The molecule has 0 bridgehead atoms. The Labute approximate surface area is 62.8 Å². The van der Waals surface area contributed by atoms with E-state index in [1.807, 2.05) is 0 Å². The van der Waals surface area contributed by atoms with E-state index in [-0.39, 0.29) is 11.3 Å². The standard InChI is InChI=1S/C7H8F2N2/c1-3-2-4(10)6(9)7(11)5(3)8/h2H,10-11H2,1H3. The molecule has 0 saturated heterocycles. The summed E-state index contributed by atoms with van der Waals surface area (Å²) in [5.41, 5.74) is 9.84. The molecule has 0 atom stereocenters. The van der Waals surface area contributed by atoms with Crippen molar-refractivity contribution in [2.45, 2.75) is 6.92 Å². The summed E-state index contributed by atoms with van der Waals surface area (Å²) in [5.74, 6) is -1.62. The van der Waals surface area contributed by atoms with Crippen molar-refractivity contribution in [1.29, 1.82) is 0 Å². The summed E-state index contributed by atoms with van der Waals surface area (Å²) in [6.45, 7) is 1.47. The van der Waals surface area contributed by atoms with Crippen molar-refractivity contribution in [3.8, 4) is 0 Å². The van der Waals surface area contributed by atoms with Gasteiger partial charge in [-0.25, -0.2) is 8.78 Å². The monoisotopic (exact) mass is 158 g/mol. The molecule has 1 aromatic rings. The number of halogens is 2. The molecule has 2 nitrogen and oxygen atoms in total. The average molecular weight is 158 g/mol. The maximum Gasteiger partial charge on any atom is 0.171 e. The fraction of sp³-hybridized carbons (Fsp3) is 0.143. The molecule has 0 heterocycles. The second-order valence-corrected chi connectivity index (χ2v) is 2.32. The number of benzene rings is 1. The highest BCUT2D eigenvalue weighted by Gasteiger charge is 2.10. The summed E-state index contributed by atoms with van der Waals surface area (Å²) in [7, 11) is 0. The van der Waals surface area contributed by atoms with Gasteiger partial charge in [-0.3, -0.25) is 0 Å². The molecular weight excluding hydrogens is 150 g/mol. The number of nitrogen functional groups attached to an aromatic ring is 2. The average Bonchev–Trinajstić information content (AvgIpc) is 1.97. The lowest BCUT2D eigenvalue weighted by Gasteiger charge is -2.04. The zero-order valence-electron chi connectivity index (χ0n) is 5.99. The molecule has 0 amide bonds. The highest BCUT2D eigenvalue weighted by atomic mass is 19.1. The highest BCUT2D eigenvalue weighted by Crippen LogP contribution is 2.23. The van der Waals surface area contributed by atoms with Crippen LogP contribution in [0.2, 0.25) is 0 Å². The predicted molar refractivity (Wildman–Crippen MR) is 39.9 cm³/mol. The topological polar surface area (TPSA) is 52.0 Å². The van der Waals surface area contributed by atoms with Crippen LogP contribution in [-0.4, -0.2) is 0 Å². The van der Waals surface area contributed by atoms with Gasteiger partial charge < -0.3 is 11.5 Å². The Balaban J connectivity index is 3.46. The van der Waals surface area contributed by atoms with Gasteiger partial charge in [0.05, 0.1) is 5.69 Å². The molecule has 0 aliphatic rings. The lowest BCUT2D eigenvalue weighted by atomic mass is 10.2. The van der Waals surface area contributed by atoms with Crippen LogP contribution in [-0.2, 0) is 0 Å². The molecule has 4 N–H and O–H groups in total. The first-order valence-electron chi connectivity index (χ1n) is 3.03. The van der Waals surface area contributed by atoms with E-state index in [0.717, 1.165) is 0 Å². The van der Waals surface area contributed by atoms with Crippen LogP contribution in [0.1, 0.15) is 5.56 Å². The van der Waals surface area contributed by atoms with Crippen molar-refractivity contribution >= 4 is 11.4 Å². The Morgan fingerprint density at radius 1 is 1.18 bits per heavy atom. The van der Waals surface area contributed by atoms with E-state index >= 15 is 0 Å². The fourth-order valence-electron chi connectivity index (χ4n) is 0.824. The Kier molecular flexibility index (Phi) is 1.68. The zero-order chi connectivity index (χ0) is 8.59. The lowest BCUT2D eigenvalue weighted by Crippen LogP contribution is -2.02. The molecule has 1 aromatic carbocycles. The molecule has 1 rings (SSSR count). The number of anilines is 2. The Morgan fingerprint density at radius 2 is 1.73 bits per heavy atom. The van der Waals surface area contributed by atoms with Gasteiger partial charge in [-0.15, -0.1) is 0 Å². The molecule has 0 aliphatic heterocycles. The minimum absolute atomic E-state index is 0.124. The van der Waals surface area contributed by atoms with E-state index in [2.05, 4.69) is 0 Å². The number of aryl methyl sites for hydroxylation is 1. The van der Waals surface area contributed by atoms with Gasteiger partial charge >= 0.3 is 0 Å². The Bertz CT molecular complexity index is 271. The SMILES string of the molecule is Cc1cc(N)c(F)c(N)c1F.